The molecule has 1 amide bonds. The summed E-state index contributed by atoms with van der Waals surface area (Å²) in [5.41, 5.74) is 2.80. The molecule has 3 rings (SSSR count). The van der Waals surface area contributed by atoms with Crippen LogP contribution in [0.2, 0.25) is 0 Å². The van der Waals surface area contributed by atoms with Gasteiger partial charge in [0.15, 0.2) is 0 Å². The fourth-order valence-electron chi connectivity index (χ4n) is 5.38. The van der Waals surface area contributed by atoms with Crippen LogP contribution in [0, 0.1) is 17.8 Å². The van der Waals surface area contributed by atoms with Gasteiger partial charge in [0.1, 0.15) is 0 Å². The van der Waals surface area contributed by atoms with Gasteiger partial charge in [-0.15, -0.1) is 0 Å². The number of fused-ring (bicyclic) bond motifs is 2. The first-order chi connectivity index (χ1) is 13.8. The Kier molecular flexibility index (Phi) is 7.03. The second-order valence-corrected chi connectivity index (χ2v) is 10.00. The van der Waals surface area contributed by atoms with Crippen LogP contribution in [0.25, 0.3) is 6.08 Å². The molecule has 1 N–H and O–H groups in total. The van der Waals surface area contributed by atoms with Crippen molar-refractivity contribution < 1.29 is 4.79 Å². The van der Waals surface area contributed by atoms with Gasteiger partial charge < -0.3 is 5.32 Å². The molecular weight excluding hydrogens is 354 g/mol. The summed E-state index contributed by atoms with van der Waals surface area (Å²) in [6.45, 7) is 12.7. The van der Waals surface area contributed by atoms with Crippen molar-refractivity contribution in [3.63, 3.8) is 0 Å². The summed E-state index contributed by atoms with van der Waals surface area (Å²) in [7, 11) is 0. The summed E-state index contributed by atoms with van der Waals surface area (Å²) in [4.78, 5) is 13.4. The van der Waals surface area contributed by atoms with Gasteiger partial charge in [0.25, 0.3) is 0 Å². The van der Waals surface area contributed by atoms with Gasteiger partial charge in [-0.1, -0.05) is 81.7 Å². The third kappa shape index (κ3) is 5.21. The average Bonchev–Trinajstić information content (AvgIpc) is 2.70. The van der Waals surface area contributed by atoms with E-state index in [4.69, 9.17) is 0 Å². The van der Waals surface area contributed by atoms with Crippen molar-refractivity contribution in [2.24, 2.45) is 17.8 Å². The van der Waals surface area contributed by atoms with Crippen LogP contribution in [0.3, 0.4) is 0 Å². The Morgan fingerprint density at radius 2 is 2.07 bits per heavy atom. The molecular formula is C27H39NO. The van der Waals surface area contributed by atoms with Crippen LogP contribution in [-0.4, -0.2) is 11.9 Å². The van der Waals surface area contributed by atoms with Gasteiger partial charge in [-0.2, -0.15) is 0 Å². The molecule has 2 fully saturated rings. The van der Waals surface area contributed by atoms with Crippen molar-refractivity contribution in [1.82, 2.24) is 5.32 Å². The van der Waals surface area contributed by atoms with Crippen molar-refractivity contribution in [2.45, 2.75) is 84.1 Å². The van der Waals surface area contributed by atoms with E-state index in [1.165, 1.54) is 32.1 Å². The molecule has 0 radical (unpaired) electrons. The van der Waals surface area contributed by atoms with Crippen LogP contribution in [-0.2, 0) is 10.2 Å². The summed E-state index contributed by atoms with van der Waals surface area (Å²) >= 11 is 0. The molecule has 2 aliphatic carbocycles. The molecule has 29 heavy (non-hydrogen) atoms. The minimum atomic E-state index is -0.546. The number of allylic oxidation sites excluding steroid dienone is 2. The Morgan fingerprint density at radius 3 is 2.83 bits per heavy atom. The minimum absolute atomic E-state index is 0.162. The van der Waals surface area contributed by atoms with E-state index in [1.807, 2.05) is 0 Å². The molecule has 1 aromatic carbocycles. The number of hydrogen-bond donors (Lipinski definition) is 1. The van der Waals surface area contributed by atoms with Crippen molar-refractivity contribution >= 4 is 12.0 Å². The van der Waals surface area contributed by atoms with Crippen LogP contribution in [0.5, 0.6) is 0 Å². The Bertz CT molecular complexity index is 758. The van der Waals surface area contributed by atoms with E-state index in [1.54, 1.807) is 0 Å². The predicted octanol–water partition coefficient (Wildman–Crippen LogP) is 6.66. The zero-order valence-electron chi connectivity index (χ0n) is 18.8. The first-order valence-electron chi connectivity index (χ1n) is 11.6. The second kappa shape index (κ2) is 9.32. The van der Waals surface area contributed by atoms with E-state index in [0.29, 0.717) is 17.9 Å². The summed E-state index contributed by atoms with van der Waals surface area (Å²) < 4.78 is 0. The lowest BCUT2D eigenvalue weighted by atomic mass is 9.65. The lowest BCUT2D eigenvalue weighted by molar-refractivity contribution is -0.128. The SMILES string of the molecule is C=C(/C=C/c1cccc(C(C)(C)C(=O)NC2C(C)CC3CCCC2C3)c1)CCC. The van der Waals surface area contributed by atoms with E-state index in [9.17, 15) is 4.79 Å². The number of carbonyl (C=O) groups excluding carboxylic acids is 1. The van der Waals surface area contributed by atoms with E-state index >= 15 is 0 Å². The van der Waals surface area contributed by atoms with Crippen LogP contribution in [0.1, 0.15) is 83.8 Å². The third-order valence-corrected chi connectivity index (χ3v) is 7.21. The molecule has 2 heteroatoms. The maximum absolute atomic E-state index is 13.4. The van der Waals surface area contributed by atoms with Crippen molar-refractivity contribution in [3.05, 3.63) is 53.6 Å². The molecule has 2 nitrogen and oxygen atoms in total. The molecule has 0 aromatic heterocycles. The fourth-order valence-corrected chi connectivity index (χ4v) is 5.38. The number of benzene rings is 1. The van der Waals surface area contributed by atoms with Crippen LogP contribution < -0.4 is 5.32 Å². The van der Waals surface area contributed by atoms with E-state index in [2.05, 4.69) is 76.0 Å². The number of hydrogen-bond acceptors (Lipinski definition) is 1. The van der Waals surface area contributed by atoms with Gasteiger partial charge in [-0.05, 0) is 68.4 Å². The van der Waals surface area contributed by atoms with Crippen LogP contribution in [0.4, 0.5) is 0 Å². The van der Waals surface area contributed by atoms with Crippen molar-refractivity contribution in [1.29, 1.82) is 0 Å². The molecule has 1 aromatic rings. The number of carbonyl (C=O) groups is 1. The smallest absolute Gasteiger partial charge is 0.230 e. The van der Waals surface area contributed by atoms with E-state index < -0.39 is 5.41 Å². The van der Waals surface area contributed by atoms with E-state index in [-0.39, 0.29) is 5.91 Å². The summed E-state index contributed by atoms with van der Waals surface area (Å²) in [6.07, 6.45) is 12.9. The maximum Gasteiger partial charge on any atom is 0.230 e. The molecule has 0 aliphatic heterocycles. The van der Waals surface area contributed by atoms with Crippen LogP contribution >= 0.6 is 0 Å². The number of rotatable bonds is 7. The number of nitrogens with one attached hydrogen (secondary N) is 1. The molecule has 2 saturated carbocycles. The molecule has 2 bridgehead atoms. The van der Waals surface area contributed by atoms with Gasteiger partial charge in [0, 0.05) is 6.04 Å². The highest BCUT2D eigenvalue weighted by molar-refractivity contribution is 5.87. The summed E-state index contributed by atoms with van der Waals surface area (Å²) in [5.74, 6) is 2.29. The zero-order chi connectivity index (χ0) is 21.0. The molecule has 4 unspecified atom stereocenters. The van der Waals surface area contributed by atoms with Gasteiger partial charge in [0.2, 0.25) is 5.91 Å². The highest BCUT2D eigenvalue weighted by atomic mass is 16.2. The highest BCUT2D eigenvalue weighted by Crippen LogP contribution is 2.43. The topological polar surface area (TPSA) is 29.1 Å². The Morgan fingerprint density at radius 1 is 1.28 bits per heavy atom. The Labute approximate surface area is 177 Å². The molecule has 0 spiro atoms. The van der Waals surface area contributed by atoms with E-state index in [0.717, 1.165) is 35.5 Å². The normalized spacial score (nSPS) is 27.0. The highest BCUT2D eigenvalue weighted by Gasteiger charge is 2.40. The Hall–Kier alpha value is -1.83. The summed E-state index contributed by atoms with van der Waals surface area (Å²) in [6, 6.07) is 8.72. The quantitative estimate of drug-likeness (QED) is 0.515. The maximum atomic E-state index is 13.4. The third-order valence-electron chi connectivity index (χ3n) is 7.21. The summed E-state index contributed by atoms with van der Waals surface area (Å²) in [5, 5.41) is 3.48. The lowest BCUT2D eigenvalue weighted by Crippen LogP contribution is -2.53. The Balaban J connectivity index is 1.71. The monoisotopic (exact) mass is 393 g/mol. The van der Waals surface area contributed by atoms with Gasteiger partial charge in [-0.3, -0.25) is 4.79 Å². The van der Waals surface area contributed by atoms with Crippen LogP contribution in [0.15, 0.2) is 42.5 Å². The van der Waals surface area contributed by atoms with Gasteiger partial charge in [0.05, 0.1) is 5.41 Å². The minimum Gasteiger partial charge on any atom is -0.352 e. The molecule has 0 saturated heterocycles. The standard InChI is InChI=1S/C27H39NO/c1-6-9-19(2)14-15-21-10-8-13-24(18-21)27(4,5)26(29)28-25-20(3)16-22-11-7-12-23(25)17-22/h8,10,13-15,18,20,22-23,25H,2,6-7,9,11-12,16-17H2,1,3-5H3,(H,28,29)/b15-14+. The molecule has 2 aliphatic rings. The first kappa shape index (κ1) is 21.9. The zero-order valence-corrected chi connectivity index (χ0v) is 18.8. The van der Waals surface area contributed by atoms with Gasteiger partial charge >= 0.3 is 0 Å². The lowest BCUT2D eigenvalue weighted by Gasteiger charge is -2.45. The van der Waals surface area contributed by atoms with Crippen molar-refractivity contribution in [2.75, 3.05) is 0 Å². The molecule has 0 heterocycles. The first-order valence-corrected chi connectivity index (χ1v) is 11.6. The molecule has 4 atom stereocenters. The number of amides is 1. The average molecular weight is 394 g/mol. The van der Waals surface area contributed by atoms with Crippen molar-refractivity contribution in [3.8, 4) is 0 Å². The fraction of sp³-hybridized carbons (Fsp3) is 0.593. The second-order valence-electron chi connectivity index (χ2n) is 10.00. The molecule has 158 valence electrons. The predicted molar refractivity (Wildman–Crippen MR) is 124 cm³/mol. The van der Waals surface area contributed by atoms with Gasteiger partial charge in [-0.25, -0.2) is 0 Å². The largest absolute Gasteiger partial charge is 0.352 e.